The number of anilines is 1. The fraction of sp³-hybridized carbons (Fsp3) is 0.222. The Hall–Kier alpha value is -1.72. The second-order valence-electron chi connectivity index (χ2n) is 2.78. The summed E-state index contributed by atoms with van der Waals surface area (Å²) in [6.07, 6.45) is 0. The molecule has 0 bridgehead atoms. The minimum absolute atomic E-state index is 0.207. The van der Waals surface area contributed by atoms with Crippen LogP contribution < -0.4 is 10.5 Å². The predicted octanol–water partition coefficient (Wildman–Crippen LogP) is 2.21. The Morgan fingerprint density at radius 2 is 2.07 bits per heavy atom. The average Bonchev–Trinajstić information content (AvgIpc) is 2.10. The van der Waals surface area contributed by atoms with Gasteiger partial charge in [-0.25, -0.2) is 4.39 Å². The van der Waals surface area contributed by atoms with Gasteiger partial charge in [-0.1, -0.05) is 0 Å². The van der Waals surface area contributed by atoms with Gasteiger partial charge in [0.2, 0.25) is 0 Å². The van der Waals surface area contributed by atoms with Gasteiger partial charge in [-0.2, -0.15) is 8.78 Å². The first kappa shape index (κ1) is 11.4. The molecule has 0 aromatic heterocycles. The van der Waals surface area contributed by atoms with Gasteiger partial charge < -0.3 is 10.5 Å². The molecule has 0 spiro atoms. The smallest absolute Gasteiger partial charge is 0.387 e. The summed E-state index contributed by atoms with van der Waals surface area (Å²) >= 11 is 0. The number of halogens is 3. The van der Waals surface area contributed by atoms with Crippen molar-refractivity contribution in [2.24, 2.45) is 0 Å². The van der Waals surface area contributed by atoms with Crippen LogP contribution >= 0.6 is 0 Å². The topological polar surface area (TPSA) is 52.3 Å². The monoisotopic (exact) mass is 219 g/mol. The summed E-state index contributed by atoms with van der Waals surface area (Å²) in [6, 6.07) is 1.98. The molecule has 82 valence electrons. The molecule has 2 N–H and O–H groups in total. The van der Waals surface area contributed by atoms with E-state index in [2.05, 4.69) is 4.74 Å². The molecule has 3 nitrogen and oxygen atoms in total. The molecule has 0 unspecified atom stereocenters. The standard InChI is InChI=1S/C9H8F3NO2/c1-4(14)7-5(10)2-3-6(13)8(7)15-9(11)12/h2-3,9H,13H2,1H3. The molecule has 1 aromatic carbocycles. The number of benzene rings is 1. The van der Waals surface area contributed by atoms with E-state index in [4.69, 9.17) is 5.73 Å². The van der Waals surface area contributed by atoms with Crippen molar-refractivity contribution in [1.82, 2.24) is 0 Å². The normalized spacial score (nSPS) is 10.5. The van der Waals surface area contributed by atoms with Gasteiger partial charge in [0, 0.05) is 0 Å². The first-order chi connectivity index (χ1) is 6.93. The van der Waals surface area contributed by atoms with E-state index in [9.17, 15) is 18.0 Å². The van der Waals surface area contributed by atoms with Crippen molar-refractivity contribution in [2.45, 2.75) is 13.5 Å². The molecule has 15 heavy (non-hydrogen) atoms. The Kier molecular flexibility index (Phi) is 3.18. The van der Waals surface area contributed by atoms with E-state index in [0.29, 0.717) is 0 Å². The second-order valence-corrected chi connectivity index (χ2v) is 2.78. The number of alkyl halides is 2. The summed E-state index contributed by atoms with van der Waals surface area (Å²) in [5.74, 6) is -2.28. The van der Waals surface area contributed by atoms with Crippen LogP contribution in [0.5, 0.6) is 5.75 Å². The number of hydrogen-bond donors (Lipinski definition) is 1. The molecule has 6 heteroatoms. The van der Waals surface area contributed by atoms with Crippen LogP contribution in [0.4, 0.5) is 18.9 Å². The molecule has 0 saturated heterocycles. The number of ketones is 1. The highest BCUT2D eigenvalue weighted by molar-refractivity contribution is 5.98. The van der Waals surface area contributed by atoms with Gasteiger partial charge in [0.1, 0.15) is 5.82 Å². The third-order valence-electron chi connectivity index (χ3n) is 1.70. The lowest BCUT2D eigenvalue weighted by atomic mass is 10.1. The van der Waals surface area contributed by atoms with Crippen molar-refractivity contribution in [3.63, 3.8) is 0 Å². The van der Waals surface area contributed by atoms with Gasteiger partial charge in [0.05, 0.1) is 11.3 Å². The Bertz CT molecular complexity index is 393. The summed E-state index contributed by atoms with van der Waals surface area (Å²) in [7, 11) is 0. The number of rotatable bonds is 3. The first-order valence-electron chi connectivity index (χ1n) is 3.97. The third kappa shape index (κ3) is 2.39. The number of carbonyl (C=O) groups is 1. The summed E-state index contributed by atoms with van der Waals surface area (Å²) in [5.41, 5.74) is 4.53. The van der Waals surface area contributed by atoms with E-state index in [1.54, 1.807) is 0 Å². The van der Waals surface area contributed by atoms with Crippen molar-refractivity contribution >= 4 is 11.5 Å². The molecule has 0 fully saturated rings. The van der Waals surface area contributed by atoms with Gasteiger partial charge in [0.25, 0.3) is 0 Å². The lowest BCUT2D eigenvalue weighted by molar-refractivity contribution is -0.0497. The Balaban J connectivity index is 3.31. The maximum Gasteiger partial charge on any atom is 0.387 e. The lowest BCUT2D eigenvalue weighted by Gasteiger charge is -2.11. The largest absolute Gasteiger partial charge is 0.432 e. The summed E-state index contributed by atoms with van der Waals surface area (Å²) in [4.78, 5) is 11.0. The Morgan fingerprint density at radius 1 is 1.47 bits per heavy atom. The zero-order valence-corrected chi connectivity index (χ0v) is 7.76. The van der Waals surface area contributed by atoms with Crippen LogP contribution in [-0.2, 0) is 0 Å². The Morgan fingerprint density at radius 3 is 2.53 bits per heavy atom. The molecule has 0 aliphatic rings. The molecule has 1 aromatic rings. The number of Topliss-reactive ketones (excluding diaryl/α,β-unsaturated/α-hetero) is 1. The van der Waals surface area contributed by atoms with Crippen LogP contribution in [0.1, 0.15) is 17.3 Å². The molecule has 0 radical (unpaired) electrons. The van der Waals surface area contributed by atoms with Crippen LogP contribution in [0.25, 0.3) is 0 Å². The zero-order chi connectivity index (χ0) is 11.6. The van der Waals surface area contributed by atoms with Gasteiger partial charge in [-0.3, -0.25) is 4.79 Å². The van der Waals surface area contributed by atoms with Gasteiger partial charge in [0.15, 0.2) is 11.5 Å². The number of nitrogen functional groups attached to an aromatic ring is 1. The van der Waals surface area contributed by atoms with Crippen molar-refractivity contribution in [1.29, 1.82) is 0 Å². The average molecular weight is 219 g/mol. The van der Waals surface area contributed by atoms with Crippen molar-refractivity contribution in [3.05, 3.63) is 23.5 Å². The highest BCUT2D eigenvalue weighted by Gasteiger charge is 2.20. The minimum atomic E-state index is -3.16. The van der Waals surface area contributed by atoms with Crippen LogP contribution in [-0.4, -0.2) is 12.4 Å². The molecule has 0 atom stereocenters. The summed E-state index contributed by atoms with van der Waals surface area (Å²) < 4.78 is 41.1. The fourth-order valence-corrected chi connectivity index (χ4v) is 1.12. The van der Waals surface area contributed by atoms with Crippen LogP contribution in [0.3, 0.4) is 0 Å². The minimum Gasteiger partial charge on any atom is -0.432 e. The highest BCUT2D eigenvalue weighted by atomic mass is 19.3. The van der Waals surface area contributed by atoms with Crippen LogP contribution in [0.2, 0.25) is 0 Å². The number of ether oxygens (including phenoxy) is 1. The van der Waals surface area contributed by atoms with E-state index in [1.165, 1.54) is 0 Å². The molecular formula is C9H8F3NO2. The molecule has 0 aliphatic heterocycles. The molecule has 0 heterocycles. The molecule has 0 saturated carbocycles. The van der Waals surface area contributed by atoms with Crippen LogP contribution in [0.15, 0.2) is 12.1 Å². The second kappa shape index (κ2) is 4.20. The molecule has 1 rings (SSSR count). The van der Waals surface area contributed by atoms with Gasteiger partial charge >= 0.3 is 6.61 Å². The number of carbonyl (C=O) groups excluding carboxylic acids is 1. The summed E-state index contributed by atoms with van der Waals surface area (Å²) in [6.45, 7) is -2.12. The quantitative estimate of drug-likeness (QED) is 0.626. The van der Waals surface area contributed by atoms with Crippen LogP contribution in [0, 0.1) is 5.82 Å². The number of nitrogens with two attached hydrogens (primary N) is 1. The first-order valence-corrected chi connectivity index (χ1v) is 3.97. The number of hydrogen-bond acceptors (Lipinski definition) is 3. The van der Waals surface area contributed by atoms with E-state index in [0.717, 1.165) is 19.1 Å². The van der Waals surface area contributed by atoms with E-state index in [-0.39, 0.29) is 5.69 Å². The van der Waals surface area contributed by atoms with E-state index in [1.807, 2.05) is 0 Å². The van der Waals surface area contributed by atoms with Crippen molar-refractivity contribution in [3.8, 4) is 5.75 Å². The fourth-order valence-electron chi connectivity index (χ4n) is 1.12. The molecule has 0 amide bonds. The molecular weight excluding hydrogens is 211 g/mol. The van der Waals surface area contributed by atoms with Crippen molar-refractivity contribution in [2.75, 3.05) is 5.73 Å². The zero-order valence-electron chi connectivity index (χ0n) is 7.76. The maximum atomic E-state index is 13.1. The highest BCUT2D eigenvalue weighted by Crippen LogP contribution is 2.30. The van der Waals surface area contributed by atoms with E-state index < -0.39 is 29.5 Å². The Labute approximate surface area is 83.6 Å². The van der Waals surface area contributed by atoms with Gasteiger partial charge in [-0.05, 0) is 19.1 Å². The van der Waals surface area contributed by atoms with E-state index >= 15 is 0 Å². The predicted molar refractivity (Wildman–Crippen MR) is 47.4 cm³/mol. The molecule has 0 aliphatic carbocycles. The SMILES string of the molecule is CC(=O)c1c(F)ccc(N)c1OC(F)F. The lowest BCUT2D eigenvalue weighted by Crippen LogP contribution is -2.10. The summed E-state index contributed by atoms with van der Waals surface area (Å²) in [5, 5.41) is 0. The van der Waals surface area contributed by atoms with Gasteiger partial charge in [-0.15, -0.1) is 0 Å². The van der Waals surface area contributed by atoms with Crippen molar-refractivity contribution < 1.29 is 22.7 Å². The maximum absolute atomic E-state index is 13.1. The third-order valence-corrected chi connectivity index (χ3v) is 1.70.